The zero-order valence-electron chi connectivity index (χ0n) is 11.2. The number of aliphatic hydroxyl groups is 1. The molecule has 0 aliphatic heterocycles. The third-order valence-electron chi connectivity index (χ3n) is 4.62. The molecular weight excluding hydrogens is 302 g/mol. The summed E-state index contributed by atoms with van der Waals surface area (Å²) in [6.07, 6.45) is 6.73. The molecule has 0 spiro atoms. The SMILES string of the molecule is OC1CCCC(CNC2CCc3c(Br)cccc32)C1. The molecule has 0 heterocycles. The molecule has 0 aromatic heterocycles. The van der Waals surface area contributed by atoms with Crippen LogP contribution in [0.3, 0.4) is 0 Å². The van der Waals surface area contributed by atoms with Gasteiger partial charge in [-0.25, -0.2) is 0 Å². The van der Waals surface area contributed by atoms with E-state index in [0.29, 0.717) is 12.0 Å². The van der Waals surface area contributed by atoms with Gasteiger partial charge in [0, 0.05) is 10.5 Å². The Morgan fingerprint density at radius 1 is 1.26 bits per heavy atom. The Morgan fingerprint density at radius 3 is 3.00 bits per heavy atom. The van der Waals surface area contributed by atoms with Crippen LogP contribution in [-0.2, 0) is 6.42 Å². The molecule has 2 aliphatic rings. The van der Waals surface area contributed by atoms with Gasteiger partial charge >= 0.3 is 0 Å². The van der Waals surface area contributed by atoms with Gasteiger partial charge < -0.3 is 10.4 Å². The molecule has 3 heteroatoms. The van der Waals surface area contributed by atoms with Crippen LogP contribution in [0.25, 0.3) is 0 Å². The van der Waals surface area contributed by atoms with Crippen molar-refractivity contribution in [3.8, 4) is 0 Å². The van der Waals surface area contributed by atoms with E-state index in [1.165, 1.54) is 41.3 Å². The highest BCUT2D eigenvalue weighted by Gasteiger charge is 2.25. The van der Waals surface area contributed by atoms with E-state index in [0.717, 1.165) is 19.4 Å². The smallest absolute Gasteiger partial charge is 0.0543 e. The summed E-state index contributed by atoms with van der Waals surface area (Å²) in [7, 11) is 0. The summed E-state index contributed by atoms with van der Waals surface area (Å²) in [6.45, 7) is 1.05. The summed E-state index contributed by atoms with van der Waals surface area (Å²) >= 11 is 3.65. The van der Waals surface area contributed by atoms with Crippen LogP contribution < -0.4 is 5.32 Å². The Labute approximate surface area is 123 Å². The Morgan fingerprint density at radius 2 is 2.16 bits per heavy atom. The molecule has 2 N–H and O–H groups in total. The molecule has 19 heavy (non-hydrogen) atoms. The minimum Gasteiger partial charge on any atom is -0.393 e. The van der Waals surface area contributed by atoms with Crippen LogP contribution in [0.2, 0.25) is 0 Å². The standard InChI is InChI=1S/C16H22BrNO/c17-15-6-2-5-14-13(15)7-8-16(14)18-10-11-3-1-4-12(19)9-11/h2,5-6,11-12,16,18-19H,1,3-4,7-10H2. The third kappa shape index (κ3) is 3.04. The highest BCUT2D eigenvalue weighted by atomic mass is 79.9. The molecule has 0 radical (unpaired) electrons. The van der Waals surface area contributed by atoms with Crippen molar-refractivity contribution in [3.05, 3.63) is 33.8 Å². The Kier molecular flexibility index (Phi) is 4.25. The molecule has 0 saturated heterocycles. The van der Waals surface area contributed by atoms with Crippen LogP contribution in [0.15, 0.2) is 22.7 Å². The highest BCUT2D eigenvalue weighted by molar-refractivity contribution is 9.10. The second-order valence-corrected chi connectivity index (χ2v) is 6.85. The number of aliphatic hydroxyl groups excluding tert-OH is 1. The molecule has 2 aliphatic carbocycles. The van der Waals surface area contributed by atoms with Crippen molar-refractivity contribution in [2.75, 3.05) is 6.54 Å². The lowest BCUT2D eigenvalue weighted by Gasteiger charge is -2.27. The van der Waals surface area contributed by atoms with Gasteiger partial charge in [0.2, 0.25) is 0 Å². The first-order valence-corrected chi connectivity index (χ1v) is 8.22. The van der Waals surface area contributed by atoms with Crippen molar-refractivity contribution in [1.82, 2.24) is 5.32 Å². The molecular formula is C16H22BrNO. The van der Waals surface area contributed by atoms with Crippen LogP contribution >= 0.6 is 15.9 Å². The maximum Gasteiger partial charge on any atom is 0.0543 e. The summed E-state index contributed by atoms with van der Waals surface area (Å²) < 4.78 is 1.25. The summed E-state index contributed by atoms with van der Waals surface area (Å²) in [5.74, 6) is 0.653. The second-order valence-electron chi connectivity index (χ2n) is 5.99. The van der Waals surface area contributed by atoms with Crippen LogP contribution in [-0.4, -0.2) is 17.8 Å². The first-order valence-electron chi connectivity index (χ1n) is 7.43. The zero-order chi connectivity index (χ0) is 13.2. The Hall–Kier alpha value is -0.380. The van der Waals surface area contributed by atoms with E-state index >= 15 is 0 Å². The van der Waals surface area contributed by atoms with Gasteiger partial charge in [-0.15, -0.1) is 0 Å². The van der Waals surface area contributed by atoms with Crippen LogP contribution in [0.4, 0.5) is 0 Å². The molecule has 3 rings (SSSR count). The van der Waals surface area contributed by atoms with Gasteiger partial charge in [-0.2, -0.15) is 0 Å². The lowest BCUT2D eigenvalue weighted by Crippen LogP contribution is -2.30. The number of fused-ring (bicyclic) bond motifs is 1. The number of halogens is 1. The van der Waals surface area contributed by atoms with Crippen molar-refractivity contribution in [2.24, 2.45) is 5.92 Å². The van der Waals surface area contributed by atoms with Crippen molar-refractivity contribution in [1.29, 1.82) is 0 Å². The minimum atomic E-state index is -0.0643. The molecule has 3 unspecified atom stereocenters. The van der Waals surface area contributed by atoms with E-state index in [1.54, 1.807) is 0 Å². The number of nitrogens with one attached hydrogen (secondary N) is 1. The van der Waals surface area contributed by atoms with Gasteiger partial charge in [-0.1, -0.05) is 34.5 Å². The molecule has 1 aromatic rings. The van der Waals surface area contributed by atoms with Crippen LogP contribution in [0.5, 0.6) is 0 Å². The van der Waals surface area contributed by atoms with Gasteiger partial charge in [-0.05, 0) is 61.8 Å². The fourth-order valence-electron chi connectivity index (χ4n) is 3.58. The number of rotatable bonds is 3. The second kappa shape index (κ2) is 5.94. The van der Waals surface area contributed by atoms with Gasteiger partial charge in [-0.3, -0.25) is 0 Å². The number of hydrogen-bond acceptors (Lipinski definition) is 2. The normalized spacial score (nSPS) is 30.3. The maximum atomic E-state index is 9.73. The van der Waals surface area contributed by atoms with E-state index in [1.807, 2.05) is 0 Å². The highest BCUT2D eigenvalue weighted by Crippen LogP contribution is 2.36. The van der Waals surface area contributed by atoms with E-state index in [9.17, 15) is 5.11 Å². The van der Waals surface area contributed by atoms with E-state index in [2.05, 4.69) is 39.4 Å². The quantitative estimate of drug-likeness (QED) is 0.891. The average Bonchev–Trinajstić information content (AvgIpc) is 2.81. The largest absolute Gasteiger partial charge is 0.393 e. The molecule has 1 aromatic carbocycles. The van der Waals surface area contributed by atoms with Crippen molar-refractivity contribution >= 4 is 15.9 Å². The summed E-state index contributed by atoms with van der Waals surface area (Å²) in [6, 6.07) is 7.03. The van der Waals surface area contributed by atoms with Gasteiger partial charge in [0.15, 0.2) is 0 Å². The van der Waals surface area contributed by atoms with Crippen molar-refractivity contribution in [3.63, 3.8) is 0 Å². The monoisotopic (exact) mass is 323 g/mol. The summed E-state index contributed by atoms with van der Waals surface area (Å²) in [4.78, 5) is 0. The zero-order valence-corrected chi connectivity index (χ0v) is 12.8. The number of hydrogen-bond donors (Lipinski definition) is 2. The summed E-state index contributed by atoms with van der Waals surface area (Å²) in [5.41, 5.74) is 2.94. The van der Waals surface area contributed by atoms with Gasteiger partial charge in [0.05, 0.1) is 6.10 Å². The van der Waals surface area contributed by atoms with Gasteiger partial charge in [0.25, 0.3) is 0 Å². The first-order chi connectivity index (χ1) is 9.24. The van der Waals surface area contributed by atoms with Crippen LogP contribution in [0, 0.1) is 5.92 Å². The van der Waals surface area contributed by atoms with E-state index in [-0.39, 0.29) is 6.10 Å². The van der Waals surface area contributed by atoms with Gasteiger partial charge in [0.1, 0.15) is 0 Å². The van der Waals surface area contributed by atoms with Crippen molar-refractivity contribution in [2.45, 2.75) is 50.7 Å². The average molecular weight is 324 g/mol. The lowest BCUT2D eigenvalue weighted by atomic mass is 9.87. The maximum absolute atomic E-state index is 9.73. The Bertz CT molecular complexity index is 448. The summed E-state index contributed by atoms with van der Waals surface area (Å²) in [5, 5.41) is 13.5. The van der Waals surface area contributed by atoms with Crippen LogP contribution in [0.1, 0.15) is 49.3 Å². The predicted molar refractivity (Wildman–Crippen MR) is 81.2 cm³/mol. The molecule has 104 valence electrons. The molecule has 3 atom stereocenters. The first kappa shape index (κ1) is 13.6. The van der Waals surface area contributed by atoms with Crippen molar-refractivity contribution < 1.29 is 5.11 Å². The van der Waals surface area contributed by atoms with E-state index < -0.39 is 0 Å². The third-order valence-corrected chi connectivity index (χ3v) is 5.36. The molecule has 2 nitrogen and oxygen atoms in total. The molecule has 0 bridgehead atoms. The fourth-order valence-corrected chi connectivity index (χ4v) is 4.16. The lowest BCUT2D eigenvalue weighted by molar-refractivity contribution is 0.0996. The topological polar surface area (TPSA) is 32.3 Å². The molecule has 1 saturated carbocycles. The minimum absolute atomic E-state index is 0.0643. The Balaban J connectivity index is 1.59. The van der Waals surface area contributed by atoms with E-state index in [4.69, 9.17) is 0 Å². The molecule has 0 amide bonds. The number of benzene rings is 1. The molecule has 1 fully saturated rings. The predicted octanol–water partition coefficient (Wildman–Crippen LogP) is 3.58. The fraction of sp³-hybridized carbons (Fsp3) is 0.625.